The van der Waals surface area contributed by atoms with Crippen LogP contribution in [-0.2, 0) is 9.53 Å². The van der Waals surface area contributed by atoms with Crippen LogP contribution in [0.15, 0.2) is 24.3 Å². The molecule has 1 saturated carbocycles. The zero-order chi connectivity index (χ0) is 13.9. The Labute approximate surface area is 118 Å². The molecule has 2 N–H and O–H groups in total. The lowest BCUT2D eigenvalue weighted by atomic mass is 9.89. The second-order valence-electron chi connectivity index (χ2n) is 5.24. The average Bonchev–Trinajstić information content (AvgIpc) is 2.44. The largest absolute Gasteiger partial charge is 0.477 e. The lowest BCUT2D eigenvalue weighted by Crippen LogP contribution is -2.53. The van der Waals surface area contributed by atoms with E-state index in [0.29, 0.717) is 12.6 Å². The third-order valence-electron chi connectivity index (χ3n) is 3.77. The number of fused-ring (bicyclic) bond motifs is 1. The summed E-state index contributed by atoms with van der Waals surface area (Å²) in [5, 5.41) is 6.24. The molecule has 1 amide bonds. The van der Waals surface area contributed by atoms with E-state index in [2.05, 4.69) is 10.6 Å². The van der Waals surface area contributed by atoms with Gasteiger partial charge in [-0.3, -0.25) is 4.79 Å². The summed E-state index contributed by atoms with van der Waals surface area (Å²) in [6.45, 7) is 3.23. The quantitative estimate of drug-likeness (QED) is 0.876. The van der Waals surface area contributed by atoms with Crippen LogP contribution in [0.5, 0.6) is 5.75 Å². The summed E-state index contributed by atoms with van der Waals surface area (Å²) in [6, 6.07) is 7.88. The number of nitrogens with one attached hydrogen (secondary N) is 2. The Balaban J connectivity index is 1.50. The van der Waals surface area contributed by atoms with Crippen LogP contribution < -0.4 is 15.4 Å². The van der Waals surface area contributed by atoms with E-state index in [1.165, 1.54) is 0 Å². The molecule has 108 valence electrons. The van der Waals surface area contributed by atoms with Gasteiger partial charge in [-0.05, 0) is 31.9 Å². The van der Waals surface area contributed by atoms with Crippen LogP contribution in [0.1, 0.15) is 19.8 Å². The molecule has 1 unspecified atom stereocenters. The molecule has 1 fully saturated rings. The van der Waals surface area contributed by atoms with Gasteiger partial charge in [-0.25, -0.2) is 0 Å². The van der Waals surface area contributed by atoms with E-state index in [4.69, 9.17) is 9.47 Å². The van der Waals surface area contributed by atoms with Crippen molar-refractivity contribution in [3.8, 4) is 5.75 Å². The Bertz CT molecular complexity index is 486. The number of rotatable bonds is 4. The van der Waals surface area contributed by atoms with E-state index >= 15 is 0 Å². The van der Waals surface area contributed by atoms with Gasteiger partial charge in [0, 0.05) is 12.6 Å². The summed E-state index contributed by atoms with van der Waals surface area (Å²) in [5.74, 6) is 0.687. The number of anilines is 1. The number of hydrogen-bond donors (Lipinski definition) is 2. The fourth-order valence-corrected chi connectivity index (χ4v) is 2.61. The van der Waals surface area contributed by atoms with Gasteiger partial charge in [-0.15, -0.1) is 0 Å². The SMILES string of the molecule is CCOC1CC(NC(=O)C2CNc3ccccc3O2)C1. The molecule has 0 bridgehead atoms. The zero-order valence-electron chi connectivity index (χ0n) is 11.6. The van der Waals surface area contributed by atoms with E-state index in [1.54, 1.807) is 0 Å². The summed E-state index contributed by atoms with van der Waals surface area (Å²) < 4.78 is 11.2. The summed E-state index contributed by atoms with van der Waals surface area (Å²) in [4.78, 5) is 12.2. The first-order valence-electron chi connectivity index (χ1n) is 7.17. The predicted molar refractivity (Wildman–Crippen MR) is 75.9 cm³/mol. The molecule has 5 nitrogen and oxygen atoms in total. The van der Waals surface area contributed by atoms with Crippen molar-refractivity contribution in [3.63, 3.8) is 0 Å². The van der Waals surface area contributed by atoms with Crippen LogP contribution >= 0.6 is 0 Å². The van der Waals surface area contributed by atoms with E-state index < -0.39 is 6.10 Å². The first-order chi connectivity index (χ1) is 9.76. The van der Waals surface area contributed by atoms with Gasteiger partial charge in [0.2, 0.25) is 0 Å². The minimum absolute atomic E-state index is 0.0491. The van der Waals surface area contributed by atoms with Crippen molar-refractivity contribution in [1.29, 1.82) is 0 Å². The van der Waals surface area contributed by atoms with E-state index in [0.717, 1.165) is 30.9 Å². The minimum atomic E-state index is -0.462. The highest BCUT2D eigenvalue weighted by atomic mass is 16.5. The molecular weight excluding hydrogens is 256 g/mol. The van der Waals surface area contributed by atoms with Crippen molar-refractivity contribution < 1.29 is 14.3 Å². The third kappa shape index (κ3) is 2.72. The van der Waals surface area contributed by atoms with Crippen molar-refractivity contribution in [2.75, 3.05) is 18.5 Å². The molecule has 20 heavy (non-hydrogen) atoms. The zero-order valence-corrected chi connectivity index (χ0v) is 11.6. The molecule has 0 radical (unpaired) electrons. The lowest BCUT2D eigenvalue weighted by Gasteiger charge is -2.36. The number of carbonyl (C=O) groups is 1. The summed E-state index contributed by atoms with van der Waals surface area (Å²) in [7, 11) is 0. The molecule has 1 atom stereocenters. The van der Waals surface area contributed by atoms with Crippen LogP contribution in [0.25, 0.3) is 0 Å². The molecule has 0 saturated heterocycles. The maximum Gasteiger partial charge on any atom is 0.263 e. The molecule has 1 aromatic rings. The number of carbonyl (C=O) groups excluding carboxylic acids is 1. The van der Waals surface area contributed by atoms with E-state index in [-0.39, 0.29) is 11.9 Å². The first-order valence-corrected chi connectivity index (χ1v) is 7.17. The van der Waals surface area contributed by atoms with Crippen LogP contribution in [0.2, 0.25) is 0 Å². The van der Waals surface area contributed by atoms with E-state index in [9.17, 15) is 4.79 Å². The monoisotopic (exact) mass is 276 g/mol. The molecule has 2 aliphatic rings. The Morgan fingerprint density at radius 2 is 2.25 bits per heavy atom. The second-order valence-corrected chi connectivity index (χ2v) is 5.24. The van der Waals surface area contributed by atoms with Crippen LogP contribution in [0.4, 0.5) is 5.69 Å². The predicted octanol–water partition coefficient (Wildman–Crippen LogP) is 1.54. The number of para-hydroxylation sites is 2. The standard InChI is InChI=1S/C15H20N2O3/c1-2-19-11-7-10(8-11)17-15(18)14-9-16-12-5-3-4-6-13(12)20-14/h3-6,10-11,14,16H,2,7-9H2,1H3,(H,17,18). The highest BCUT2D eigenvalue weighted by Gasteiger charge is 2.34. The highest BCUT2D eigenvalue weighted by Crippen LogP contribution is 2.29. The summed E-state index contributed by atoms with van der Waals surface area (Å²) in [5.41, 5.74) is 0.941. The van der Waals surface area contributed by atoms with Crippen molar-refractivity contribution in [1.82, 2.24) is 5.32 Å². The van der Waals surface area contributed by atoms with Gasteiger partial charge >= 0.3 is 0 Å². The van der Waals surface area contributed by atoms with Gasteiger partial charge < -0.3 is 20.1 Å². The Hall–Kier alpha value is -1.75. The van der Waals surface area contributed by atoms with Crippen LogP contribution in [0.3, 0.4) is 0 Å². The van der Waals surface area contributed by atoms with Gasteiger partial charge in [0.25, 0.3) is 5.91 Å². The Morgan fingerprint density at radius 3 is 3.05 bits per heavy atom. The lowest BCUT2D eigenvalue weighted by molar-refractivity contribution is -0.130. The summed E-state index contributed by atoms with van der Waals surface area (Å²) >= 11 is 0. The van der Waals surface area contributed by atoms with Gasteiger partial charge in [-0.2, -0.15) is 0 Å². The molecule has 3 rings (SSSR count). The maximum absolute atomic E-state index is 12.2. The van der Waals surface area contributed by atoms with Crippen molar-refractivity contribution in [3.05, 3.63) is 24.3 Å². The number of ether oxygens (including phenoxy) is 2. The Morgan fingerprint density at radius 1 is 1.45 bits per heavy atom. The number of hydrogen-bond acceptors (Lipinski definition) is 4. The third-order valence-corrected chi connectivity index (χ3v) is 3.77. The highest BCUT2D eigenvalue weighted by molar-refractivity contribution is 5.83. The molecule has 5 heteroatoms. The van der Waals surface area contributed by atoms with Crippen LogP contribution in [-0.4, -0.2) is 37.3 Å². The maximum atomic E-state index is 12.2. The fourth-order valence-electron chi connectivity index (χ4n) is 2.61. The number of benzene rings is 1. The van der Waals surface area contributed by atoms with Crippen molar-refractivity contribution in [2.24, 2.45) is 0 Å². The molecular formula is C15H20N2O3. The fraction of sp³-hybridized carbons (Fsp3) is 0.533. The summed E-state index contributed by atoms with van der Waals surface area (Å²) in [6.07, 6.45) is 1.64. The smallest absolute Gasteiger partial charge is 0.263 e. The molecule has 1 heterocycles. The number of amides is 1. The van der Waals surface area contributed by atoms with Gasteiger partial charge in [-0.1, -0.05) is 12.1 Å². The first kappa shape index (κ1) is 13.2. The van der Waals surface area contributed by atoms with Gasteiger partial charge in [0.1, 0.15) is 5.75 Å². The van der Waals surface area contributed by atoms with Gasteiger partial charge in [0.15, 0.2) is 6.10 Å². The second kappa shape index (κ2) is 5.71. The van der Waals surface area contributed by atoms with Crippen LogP contribution in [0, 0.1) is 0 Å². The minimum Gasteiger partial charge on any atom is -0.477 e. The van der Waals surface area contributed by atoms with Crippen molar-refractivity contribution in [2.45, 2.75) is 38.0 Å². The molecule has 1 aliphatic heterocycles. The molecule has 1 aromatic carbocycles. The topological polar surface area (TPSA) is 59.6 Å². The Kier molecular flexibility index (Phi) is 3.78. The average molecular weight is 276 g/mol. The molecule has 1 aliphatic carbocycles. The normalized spacial score (nSPS) is 27.6. The van der Waals surface area contributed by atoms with Crippen molar-refractivity contribution >= 4 is 11.6 Å². The van der Waals surface area contributed by atoms with E-state index in [1.807, 2.05) is 31.2 Å². The van der Waals surface area contributed by atoms with Gasteiger partial charge in [0.05, 0.1) is 18.3 Å². The molecule has 0 spiro atoms. The molecule has 0 aromatic heterocycles.